The predicted molar refractivity (Wildman–Crippen MR) is 83.9 cm³/mol. The van der Waals surface area contributed by atoms with Crippen molar-refractivity contribution in [3.05, 3.63) is 45.4 Å². The topological polar surface area (TPSA) is 58.2 Å². The van der Waals surface area contributed by atoms with Gasteiger partial charge in [-0.25, -0.2) is 12.8 Å². The maximum absolute atomic E-state index is 13.0. The predicted octanol–water partition coefficient (Wildman–Crippen LogP) is 3.45. The maximum Gasteiger partial charge on any atom is 0.262 e. The summed E-state index contributed by atoms with van der Waals surface area (Å²) >= 11 is 7.18. The van der Waals surface area contributed by atoms with Gasteiger partial charge in [-0.2, -0.15) is 0 Å². The fourth-order valence-electron chi connectivity index (χ4n) is 1.62. The van der Waals surface area contributed by atoms with E-state index in [9.17, 15) is 12.8 Å². The van der Waals surface area contributed by atoms with Crippen LogP contribution in [0, 0.1) is 5.82 Å². The molecule has 2 aromatic rings. The number of benzene rings is 1. The summed E-state index contributed by atoms with van der Waals surface area (Å²) in [5.41, 5.74) is 0.150. The van der Waals surface area contributed by atoms with Gasteiger partial charge in [-0.15, -0.1) is 11.3 Å². The summed E-state index contributed by atoms with van der Waals surface area (Å²) in [5, 5.41) is 4.70. The van der Waals surface area contributed by atoms with Gasteiger partial charge in [-0.1, -0.05) is 18.5 Å². The summed E-state index contributed by atoms with van der Waals surface area (Å²) in [6.07, 6.45) is 0. The molecule has 4 nitrogen and oxygen atoms in total. The van der Waals surface area contributed by atoms with Crippen molar-refractivity contribution in [3.63, 3.8) is 0 Å². The van der Waals surface area contributed by atoms with Gasteiger partial charge in [0.05, 0.1) is 15.6 Å². The molecule has 0 amide bonds. The van der Waals surface area contributed by atoms with Crippen LogP contribution < -0.4 is 10.0 Å². The molecule has 0 aliphatic carbocycles. The fourth-order valence-corrected chi connectivity index (χ4v) is 4.21. The van der Waals surface area contributed by atoms with Gasteiger partial charge in [0.25, 0.3) is 10.0 Å². The quantitative estimate of drug-likeness (QED) is 0.840. The van der Waals surface area contributed by atoms with Crippen LogP contribution in [0.25, 0.3) is 0 Å². The summed E-state index contributed by atoms with van der Waals surface area (Å²) in [7, 11) is -3.73. The lowest BCUT2D eigenvalue weighted by Crippen LogP contribution is -2.13. The largest absolute Gasteiger partial charge is 0.312 e. The van der Waals surface area contributed by atoms with Crippen LogP contribution in [0.3, 0.4) is 0 Å². The molecule has 21 heavy (non-hydrogen) atoms. The SMILES string of the molecule is CCNCc1cc(S(=O)(=O)Nc2ccc(F)cc2Cl)cs1. The van der Waals surface area contributed by atoms with Crippen molar-refractivity contribution in [2.45, 2.75) is 18.4 Å². The van der Waals surface area contributed by atoms with Crippen molar-refractivity contribution in [3.8, 4) is 0 Å². The molecule has 114 valence electrons. The summed E-state index contributed by atoms with van der Waals surface area (Å²) < 4.78 is 39.8. The maximum atomic E-state index is 13.0. The first-order chi connectivity index (χ1) is 9.92. The lowest BCUT2D eigenvalue weighted by atomic mass is 10.3. The Morgan fingerprint density at radius 3 is 2.76 bits per heavy atom. The van der Waals surface area contributed by atoms with E-state index in [4.69, 9.17) is 11.6 Å². The van der Waals surface area contributed by atoms with E-state index in [2.05, 4.69) is 10.0 Å². The Morgan fingerprint density at radius 2 is 2.10 bits per heavy atom. The van der Waals surface area contributed by atoms with Crippen LogP contribution >= 0.6 is 22.9 Å². The van der Waals surface area contributed by atoms with Crippen LogP contribution in [0.1, 0.15) is 11.8 Å². The van der Waals surface area contributed by atoms with E-state index in [0.29, 0.717) is 6.54 Å². The highest BCUT2D eigenvalue weighted by Gasteiger charge is 2.17. The van der Waals surface area contributed by atoms with E-state index in [1.165, 1.54) is 17.4 Å². The Bertz CT molecular complexity index is 732. The minimum Gasteiger partial charge on any atom is -0.312 e. The second-order valence-corrected chi connectivity index (χ2v) is 7.34. The van der Waals surface area contributed by atoms with Crippen LogP contribution in [0.4, 0.5) is 10.1 Å². The average molecular weight is 349 g/mol. The molecule has 0 bridgehead atoms. The average Bonchev–Trinajstić information content (AvgIpc) is 2.89. The number of nitrogens with one attached hydrogen (secondary N) is 2. The van der Waals surface area contributed by atoms with Gasteiger partial charge in [0.2, 0.25) is 0 Å². The van der Waals surface area contributed by atoms with Crippen LogP contribution in [-0.4, -0.2) is 15.0 Å². The monoisotopic (exact) mass is 348 g/mol. The highest BCUT2D eigenvalue weighted by Crippen LogP contribution is 2.27. The zero-order valence-corrected chi connectivity index (χ0v) is 13.6. The molecule has 8 heteroatoms. The number of rotatable bonds is 6. The Labute approximate surface area is 132 Å². The van der Waals surface area contributed by atoms with Gasteiger partial charge in [0, 0.05) is 16.8 Å². The van der Waals surface area contributed by atoms with Crippen molar-refractivity contribution in [1.82, 2.24) is 5.32 Å². The molecule has 1 heterocycles. The van der Waals surface area contributed by atoms with Gasteiger partial charge in [-0.3, -0.25) is 4.72 Å². The van der Waals surface area contributed by atoms with E-state index in [0.717, 1.165) is 23.6 Å². The number of hydrogen-bond acceptors (Lipinski definition) is 4. The molecule has 0 saturated heterocycles. The highest BCUT2D eigenvalue weighted by atomic mass is 35.5. The van der Waals surface area contributed by atoms with Gasteiger partial charge < -0.3 is 5.32 Å². The van der Waals surface area contributed by atoms with Crippen molar-refractivity contribution in [2.24, 2.45) is 0 Å². The minimum atomic E-state index is -3.73. The van der Waals surface area contributed by atoms with Crippen LogP contribution in [-0.2, 0) is 16.6 Å². The Hall–Kier alpha value is -1.15. The van der Waals surface area contributed by atoms with Crippen molar-refractivity contribution < 1.29 is 12.8 Å². The van der Waals surface area contributed by atoms with Gasteiger partial charge in [0.15, 0.2) is 0 Å². The third kappa shape index (κ3) is 4.16. The molecule has 0 aliphatic rings. The van der Waals surface area contributed by atoms with E-state index >= 15 is 0 Å². The van der Waals surface area contributed by atoms with E-state index in [1.807, 2.05) is 6.92 Å². The number of thiophene rings is 1. The first-order valence-corrected chi connectivity index (χ1v) is 8.92. The Morgan fingerprint density at radius 1 is 1.33 bits per heavy atom. The molecule has 0 aliphatic heterocycles. The molecular weight excluding hydrogens is 335 g/mol. The summed E-state index contributed by atoms with van der Waals surface area (Å²) in [5.74, 6) is -0.522. The Kier molecular flexibility index (Phi) is 5.21. The summed E-state index contributed by atoms with van der Waals surface area (Å²) in [6.45, 7) is 3.40. The molecule has 1 aromatic heterocycles. The minimum absolute atomic E-state index is 0.0154. The second-order valence-electron chi connectivity index (χ2n) is 4.26. The standard InChI is InChI=1S/C13H14ClFN2O2S2/c1-2-16-7-10-6-11(8-20-10)21(18,19)17-13-4-3-9(15)5-12(13)14/h3-6,8,16-17H,2,7H2,1H3. The number of hydrogen-bond donors (Lipinski definition) is 2. The molecule has 0 spiro atoms. The van der Waals surface area contributed by atoms with Crippen molar-refractivity contribution in [1.29, 1.82) is 0 Å². The van der Waals surface area contributed by atoms with E-state index < -0.39 is 15.8 Å². The van der Waals surface area contributed by atoms with E-state index in [1.54, 1.807) is 11.4 Å². The normalized spacial score (nSPS) is 11.6. The smallest absolute Gasteiger partial charge is 0.262 e. The van der Waals surface area contributed by atoms with Crippen molar-refractivity contribution in [2.75, 3.05) is 11.3 Å². The van der Waals surface area contributed by atoms with Gasteiger partial charge in [-0.05, 0) is 30.8 Å². The third-order valence-electron chi connectivity index (χ3n) is 2.66. The molecule has 0 radical (unpaired) electrons. The Balaban J connectivity index is 2.19. The van der Waals surface area contributed by atoms with Crippen LogP contribution in [0.5, 0.6) is 0 Å². The molecular formula is C13H14ClFN2O2S2. The molecule has 0 unspecified atom stereocenters. The molecule has 0 fully saturated rings. The molecule has 0 saturated carbocycles. The van der Waals surface area contributed by atoms with Crippen molar-refractivity contribution >= 4 is 38.6 Å². The summed E-state index contributed by atoms with van der Waals surface area (Å²) in [4.78, 5) is 1.09. The first-order valence-electron chi connectivity index (χ1n) is 6.18. The zero-order valence-electron chi connectivity index (χ0n) is 11.2. The highest BCUT2D eigenvalue weighted by molar-refractivity contribution is 7.92. The fraction of sp³-hybridized carbons (Fsp3) is 0.231. The third-order valence-corrected chi connectivity index (χ3v) is 5.41. The molecule has 1 aromatic carbocycles. The molecule has 2 N–H and O–H groups in total. The van der Waals surface area contributed by atoms with E-state index in [-0.39, 0.29) is 15.6 Å². The molecule has 0 atom stereocenters. The van der Waals surface area contributed by atoms with Gasteiger partial charge >= 0.3 is 0 Å². The lowest BCUT2D eigenvalue weighted by molar-refractivity contribution is 0.601. The van der Waals surface area contributed by atoms with Crippen LogP contribution in [0.15, 0.2) is 34.5 Å². The lowest BCUT2D eigenvalue weighted by Gasteiger charge is -2.08. The summed E-state index contributed by atoms with van der Waals surface area (Å²) in [6, 6.07) is 5.10. The number of sulfonamides is 1. The molecule has 2 rings (SSSR count). The number of halogens is 2. The first kappa shape index (κ1) is 16.2. The zero-order chi connectivity index (χ0) is 15.5. The van der Waals surface area contributed by atoms with Gasteiger partial charge in [0.1, 0.15) is 5.82 Å². The second kappa shape index (κ2) is 6.74. The van der Waals surface area contributed by atoms with Crippen LogP contribution in [0.2, 0.25) is 5.02 Å². The number of anilines is 1.